The van der Waals surface area contributed by atoms with E-state index < -0.39 is 80.5 Å². The van der Waals surface area contributed by atoms with Crippen molar-refractivity contribution in [3.63, 3.8) is 0 Å². The molecule has 1 aromatic carbocycles. The monoisotopic (exact) mass is 647 g/mol. The zero-order valence-electron chi connectivity index (χ0n) is 25.0. The van der Waals surface area contributed by atoms with E-state index in [2.05, 4.69) is 10.1 Å². The van der Waals surface area contributed by atoms with Crippen LogP contribution in [-0.2, 0) is 28.5 Å². The van der Waals surface area contributed by atoms with Gasteiger partial charge >= 0.3 is 5.97 Å². The minimum Gasteiger partial charge on any atom is -0.508 e. The molecule has 1 amide bonds. The van der Waals surface area contributed by atoms with Crippen LogP contribution in [-0.4, -0.2) is 141 Å². The highest BCUT2D eigenvalue weighted by atomic mass is 16.7. The number of hydrogen-bond donors (Lipinski definition) is 9. The van der Waals surface area contributed by atoms with Crippen molar-refractivity contribution in [1.29, 1.82) is 0 Å². The summed E-state index contributed by atoms with van der Waals surface area (Å²) in [5.74, 6) is -1.85. The largest absolute Gasteiger partial charge is 0.508 e. The van der Waals surface area contributed by atoms with Crippen LogP contribution in [0.2, 0.25) is 0 Å². The first-order chi connectivity index (χ1) is 21.5. The van der Waals surface area contributed by atoms with E-state index in [1.54, 1.807) is 0 Å². The maximum atomic E-state index is 13.1. The summed E-state index contributed by atoms with van der Waals surface area (Å²) in [5.41, 5.74) is -0.152. The second-order valence-corrected chi connectivity index (χ2v) is 11.1. The van der Waals surface area contributed by atoms with Gasteiger partial charge in [0, 0.05) is 24.7 Å². The lowest BCUT2D eigenvalue weighted by atomic mass is 9.95. The number of aromatic hydroxyl groups is 2. The number of benzene rings is 1. The Labute approximate surface area is 260 Å². The highest BCUT2D eigenvalue weighted by Crippen LogP contribution is 2.30. The molecular weight excluding hydrogens is 602 g/mol. The third-order valence-electron chi connectivity index (χ3n) is 7.74. The molecule has 2 aliphatic rings. The fourth-order valence-electron chi connectivity index (χ4n) is 5.21. The summed E-state index contributed by atoms with van der Waals surface area (Å²) in [7, 11) is 1.35. The van der Waals surface area contributed by atoms with E-state index in [0.29, 0.717) is 12.8 Å². The second-order valence-electron chi connectivity index (χ2n) is 11.1. The van der Waals surface area contributed by atoms with Crippen molar-refractivity contribution in [1.82, 2.24) is 5.32 Å². The number of unbranched alkanes of at least 4 members (excludes halogenated alkanes) is 5. The Morgan fingerprint density at radius 3 is 2.00 bits per heavy atom. The number of ether oxygens (including phenoxy) is 5. The molecule has 0 aromatic heterocycles. The molecule has 0 saturated carbocycles. The molecular formula is C29H45NO15. The maximum Gasteiger partial charge on any atom is 0.305 e. The van der Waals surface area contributed by atoms with Gasteiger partial charge in [-0.2, -0.15) is 0 Å². The van der Waals surface area contributed by atoms with Gasteiger partial charge < -0.3 is 69.9 Å². The van der Waals surface area contributed by atoms with Crippen LogP contribution in [0.5, 0.6) is 11.5 Å². The summed E-state index contributed by atoms with van der Waals surface area (Å²) in [6, 6.07) is 1.85. The number of methoxy groups -OCH3 is 1. The third-order valence-corrected chi connectivity index (χ3v) is 7.74. The molecule has 2 saturated heterocycles. The Bertz CT molecular complexity index is 1050. The summed E-state index contributed by atoms with van der Waals surface area (Å²) >= 11 is 0. The van der Waals surface area contributed by atoms with E-state index in [9.17, 15) is 50.4 Å². The van der Waals surface area contributed by atoms with Crippen LogP contribution in [0.25, 0.3) is 0 Å². The number of phenolic OH excluding ortho intramolecular Hbond substituents is 2. The zero-order valence-corrected chi connectivity index (χ0v) is 25.0. The molecule has 45 heavy (non-hydrogen) atoms. The van der Waals surface area contributed by atoms with Crippen molar-refractivity contribution in [3.05, 3.63) is 23.8 Å². The van der Waals surface area contributed by atoms with Crippen LogP contribution in [0.3, 0.4) is 0 Å². The lowest BCUT2D eigenvalue weighted by Gasteiger charge is -2.47. The SMILES string of the molecule is COC(=O)CCCCCCCCO[C@@H]1OC(CO)[C@H](OC2OC(CO)[C@@H](O)C(O)C2O)C(O)C1NC(=O)c1cc(O)cc(O)c1. The van der Waals surface area contributed by atoms with Crippen LogP contribution in [0.4, 0.5) is 0 Å². The number of amides is 1. The Balaban J connectivity index is 1.69. The first kappa shape index (κ1) is 36.8. The number of aliphatic hydroxyl groups excluding tert-OH is 6. The molecule has 16 nitrogen and oxygen atoms in total. The summed E-state index contributed by atoms with van der Waals surface area (Å²) < 4.78 is 27.5. The Hall–Kier alpha value is -2.64. The lowest BCUT2D eigenvalue weighted by molar-refractivity contribution is -0.348. The predicted octanol–water partition coefficient (Wildman–Crippen LogP) is -1.62. The Morgan fingerprint density at radius 2 is 1.38 bits per heavy atom. The molecule has 1 aromatic rings. The zero-order chi connectivity index (χ0) is 33.1. The summed E-state index contributed by atoms with van der Waals surface area (Å²) in [5, 5.41) is 83.8. The molecule has 3 rings (SSSR count). The normalized spacial score (nSPS) is 31.8. The highest BCUT2D eigenvalue weighted by Gasteiger charge is 2.51. The van der Waals surface area contributed by atoms with Crippen LogP contribution < -0.4 is 5.32 Å². The first-order valence-electron chi connectivity index (χ1n) is 14.9. The van der Waals surface area contributed by atoms with Crippen molar-refractivity contribution in [2.45, 2.75) is 106 Å². The van der Waals surface area contributed by atoms with E-state index in [-0.39, 0.29) is 29.6 Å². The molecule has 0 spiro atoms. The molecule has 0 bridgehead atoms. The Kier molecular flexibility index (Phi) is 14.6. The number of aliphatic hydroxyl groups is 6. The molecule has 2 aliphatic heterocycles. The number of hydrogen-bond acceptors (Lipinski definition) is 15. The fraction of sp³-hybridized carbons (Fsp3) is 0.724. The van der Waals surface area contributed by atoms with Crippen molar-refractivity contribution >= 4 is 11.9 Å². The van der Waals surface area contributed by atoms with Gasteiger partial charge in [-0.1, -0.05) is 25.7 Å². The predicted molar refractivity (Wildman–Crippen MR) is 152 cm³/mol. The van der Waals surface area contributed by atoms with E-state index in [4.69, 9.17) is 18.9 Å². The number of carbonyl (C=O) groups is 2. The van der Waals surface area contributed by atoms with Gasteiger partial charge in [0.05, 0.1) is 20.3 Å². The molecule has 16 heteroatoms. The number of esters is 1. The number of rotatable bonds is 16. The van der Waals surface area contributed by atoms with Gasteiger partial charge in [0.25, 0.3) is 5.91 Å². The van der Waals surface area contributed by atoms with Crippen molar-refractivity contribution in [3.8, 4) is 11.5 Å². The van der Waals surface area contributed by atoms with Crippen molar-refractivity contribution in [2.75, 3.05) is 26.9 Å². The summed E-state index contributed by atoms with van der Waals surface area (Å²) in [6.45, 7) is -1.28. The number of nitrogens with one attached hydrogen (secondary N) is 1. The molecule has 256 valence electrons. The van der Waals surface area contributed by atoms with Gasteiger partial charge in [-0.05, 0) is 25.0 Å². The van der Waals surface area contributed by atoms with Gasteiger partial charge in [0.15, 0.2) is 12.6 Å². The lowest BCUT2D eigenvalue weighted by Crippen LogP contribution is -2.67. The van der Waals surface area contributed by atoms with Crippen LogP contribution in [0, 0.1) is 0 Å². The molecule has 2 heterocycles. The van der Waals surface area contributed by atoms with Gasteiger partial charge in [0.1, 0.15) is 60.3 Å². The van der Waals surface area contributed by atoms with Crippen molar-refractivity contribution < 1.29 is 74.1 Å². The minimum atomic E-state index is -1.81. The Morgan fingerprint density at radius 1 is 0.778 bits per heavy atom. The van der Waals surface area contributed by atoms with Crippen LogP contribution in [0.15, 0.2) is 18.2 Å². The molecule has 0 radical (unpaired) electrons. The van der Waals surface area contributed by atoms with Crippen LogP contribution in [0.1, 0.15) is 55.3 Å². The third kappa shape index (κ3) is 10.2. The van der Waals surface area contributed by atoms with E-state index in [1.807, 2.05) is 0 Å². The average molecular weight is 648 g/mol. The molecule has 9 N–H and O–H groups in total. The van der Waals surface area contributed by atoms with Gasteiger partial charge in [-0.3, -0.25) is 9.59 Å². The molecule has 0 aliphatic carbocycles. The fourth-order valence-corrected chi connectivity index (χ4v) is 5.21. The topological polar surface area (TPSA) is 254 Å². The summed E-state index contributed by atoms with van der Waals surface area (Å²) in [4.78, 5) is 24.3. The number of carbonyl (C=O) groups excluding carboxylic acids is 2. The van der Waals surface area contributed by atoms with Gasteiger partial charge in [0.2, 0.25) is 0 Å². The second kappa shape index (κ2) is 17.9. The maximum absolute atomic E-state index is 13.1. The van der Waals surface area contributed by atoms with Gasteiger partial charge in [-0.15, -0.1) is 0 Å². The average Bonchev–Trinajstić information content (AvgIpc) is 3.01. The quantitative estimate of drug-likeness (QED) is 0.0722. The molecule has 10 atom stereocenters. The van der Waals surface area contributed by atoms with Gasteiger partial charge in [-0.25, -0.2) is 0 Å². The molecule has 2 fully saturated rings. The first-order valence-corrected chi connectivity index (χ1v) is 14.9. The minimum absolute atomic E-state index is 0.148. The smallest absolute Gasteiger partial charge is 0.305 e. The van der Waals surface area contributed by atoms with E-state index in [1.165, 1.54) is 7.11 Å². The summed E-state index contributed by atoms with van der Waals surface area (Å²) in [6.07, 6.45) is -8.87. The van der Waals surface area contributed by atoms with E-state index in [0.717, 1.165) is 50.3 Å². The van der Waals surface area contributed by atoms with Crippen molar-refractivity contribution in [2.24, 2.45) is 0 Å². The van der Waals surface area contributed by atoms with E-state index >= 15 is 0 Å². The molecule has 7 unspecified atom stereocenters. The highest BCUT2D eigenvalue weighted by molar-refractivity contribution is 5.95. The van der Waals surface area contributed by atoms with Crippen LogP contribution >= 0.6 is 0 Å². The number of phenols is 2. The standard InChI is InChI=1S/C29H45NO15/c1-41-20(35)8-6-4-2-3-5-7-9-42-28-21(30-27(40)15-10-16(33)12-17(34)11-15)23(37)26(19(14-32)44-28)45-29-25(39)24(38)22(36)18(13-31)43-29/h10-12,18-19,21-26,28-29,31-34,36-39H,2-9,13-14H2,1H3,(H,30,40)/t18?,19?,21?,22-,23?,24?,25?,26+,28-,29?/m1/s1.